The Bertz CT molecular complexity index is 166. The lowest BCUT2D eigenvalue weighted by molar-refractivity contribution is -0.128. The van der Waals surface area contributed by atoms with Crippen molar-refractivity contribution in [3.63, 3.8) is 0 Å². The van der Waals surface area contributed by atoms with Crippen LogP contribution in [0.5, 0.6) is 0 Å². The highest BCUT2D eigenvalue weighted by Gasteiger charge is 2.20. The molecule has 13 heavy (non-hydrogen) atoms. The summed E-state index contributed by atoms with van der Waals surface area (Å²) in [6.45, 7) is 4.27. The average Bonchev–Trinajstić information content (AvgIpc) is 2.94. The Labute approximate surface area is 80.5 Å². The first-order valence-corrected chi connectivity index (χ1v) is 5.18. The fourth-order valence-corrected chi connectivity index (χ4v) is 1.22. The highest BCUT2D eigenvalue weighted by Crippen LogP contribution is 2.31. The monoisotopic (exact) mass is 184 g/mol. The average molecular weight is 184 g/mol. The Hall–Kier alpha value is -0.570. The number of amides is 1. The molecule has 0 atom stereocenters. The molecule has 0 radical (unpaired) electrons. The van der Waals surface area contributed by atoms with Crippen LogP contribution in [-0.2, 0) is 4.79 Å². The maximum absolute atomic E-state index is 11.3. The molecule has 1 rings (SSSR count). The molecule has 1 N–H and O–H groups in total. The van der Waals surface area contributed by atoms with E-state index in [0.29, 0.717) is 6.54 Å². The second-order valence-electron chi connectivity index (χ2n) is 3.82. The van der Waals surface area contributed by atoms with Crippen molar-refractivity contribution < 1.29 is 4.79 Å². The molecule has 0 aromatic heterocycles. The van der Waals surface area contributed by atoms with Crippen LogP contribution in [0.25, 0.3) is 0 Å². The molecule has 0 unspecified atom stereocenters. The lowest BCUT2D eigenvalue weighted by atomic mass is 10.3. The number of carbonyl (C=O) groups is 1. The molecule has 1 fully saturated rings. The Morgan fingerprint density at radius 3 is 2.77 bits per heavy atom. The van der Waals surface area contributed by atoms with E-state index in [-0.39, 0.29) is 5.91 Å². The quantitative estimate of drug-likeness (QED) is 0.621. The molecule has 1 aliphatic rings. The van der Waals surface area contributed by atoms with E-state index >= 15 is 0 Å². The minimum Gasteiger partial charge on any atom is -0.345 e. The summed E-state index contributed by atoms with van der Waals surface area (Å²) in [5.74, 6) is 1.14. The molecule has 0 spiro atoms. The predicted molar refractivity (Wildman–Crippen MR) is 53.5 cm³/mol. The van der Waals surface area contributed by atoms with E-state index < -0.39 is 0 Å². The van der Waals surface area contributed by atoms with Gasteiger partial charge in [0.05, 0.1) is 6.54 Å². The van der Waals surface area contributed by atoms with Crippen molar-refractivity contribution in [1.82, 2.24) is 10.2 Å². The maximum Gasteiger partial charge on any atom is 0.236 e. The molecule has 76 valence electrons. The van der Waals surface area contributed by atoms with Crippen LogP contribution in [0, 0.1) is 5.92 Å². The van der Waals surface area contributed by atoms with Crippen molar-refractivity contribution >= 4 is 5.91 Å². The summed E-state index contributed by atoms with van der Waals surface area (Å²) in [5, 5.41) is 3.18. The van der Waals surface area contributed by atoms with E-state index in [0.717, 1.165) is 19.0 Å². The van der Waals surface area contributed by atoms with Gasteiger partial charge in [-0.2, -0.15) is 0 Å². The molecule has 0 heterocycles. The first kappa shape index (κ1) is 10.5. The van der Waals surface area contributed by atoms with E-state index in [9.17, 15) is 4.79 Å². The summed E-state index contributed by atoms with van der Waals surface area (Å²) in [7, 11) is 1.84. The Kier molecular flexibility index (Phi) is 4.22. The number of hydrogen-bond acceptors (Lipinski definition) is 2. The fraction of sp³-hybridized carbons (Fsp3) is 0.900. The summed E-state index contributed by atoms with van der Waals surface area (Å²) in [6, 6.07) is 0. The van der Waals surface area contributed by atoms with E-state index in [1.807, 2.05) is 14.0 Å². The van der Waals surface area contributed by atoms with E-state index in [1.165, 1.54) is 19.3 Å². The van der Waals surface area contributed by atoms with Gasteiger partial charge in [-0.25, -0.2) is 0 Å². The number of carbonyl (C=O) groups excluding carboxylic acids is 1. The van der Waals surface area contributed by atoms with Crippen LogP contribution in [0.1, 0.15) is 26.2 Å². The zero-order valence-electron chi connectivity index (χ0n) is 8.68. The van der Waals surface area contributed by atoms with Gasteiger partial charge in [0.2, 0.25) is 5.91 Å². The standard InChI is InChI=1S/C10H20N2O/c1-3-12(2)10(13)8-11-7-6-9-4-5-9/h9,11H,3-8H2,1-2H3. The molecule has 0 aromatic carbocycles. The largest absolute Gasteiger partial charge is 0.345 e. The van der Waals surface area contributed by atoms with Crippen LogP contribution in [0.15, 0.2) is 0 Å². The van der Waals surface area contributed by atoms with Crippen molar-refractivity contribution in [3.8, 4) is 0 Å². The fourth-order valence-electron chi connectivity index (χ4n) is 1.22. The van der Waals surface area contributed by atoms with E-state index in [1.54, 1.807) is 4.90 Å². The Morgan fingerprint density at radius 2 is 2.23 bits per heavy atom. The zero-order valence-corrected chi connectivity index (χ0v) is 8.68. The second-order valence-corrected chi connectivity index (χ2v) is 3.82. The van der Waals surface area contributed by atoms with Crippen LogP contribution >= 0.6 is 0 Å². The SMILES string of the molecule is CCN(C)C(=O)CNCCC1CC1. The smallest absolute Gasteiger partial charge is 0.236 e. The maximum atomic E-state index is 11.3. The number of rotatable bonds is 6. The molecule has 0 aliphatic heterocycles. The van der Waals surface area contributed by atoms with E-state index in [2.05, 4.69) is 5.32 Å². The molecule has 3 nitrogen and oxygen atoms in total. The second kappa shape index (κ2) is 5.22. The van der Waals surface area contributed by atoms with Crippen molar-refractivity contribution in [2.75, 3.05) is 26.7 Å². The van der Waals surface area contributed by atoms with Crippen LogP contribution in [-0.4, -0.2) is 37.5 Å². The molecular weight excluding hydrogens is 164 g/mol. The topological polar surface area (TPSA) is 32.3 Å². The summed E-state index contributed by atoms with van der Waals surface area (Å²) >= 11 is 0. The Balaban J connectivity index is 1.94. The van der Waals surface area contributed by atoms with Crippen molar-refractivity contribution in [2.24, 2.45) is 5.92 Å². The van der Waals surface area contributed by atoms with Gasteiger partial charge >= 0.3 is 0 Å². The van der Waals surface area contributed by atoms with Gasteiger partial charge in [0.25, 0.3) is 0 Å². The summed E-state index contributed by atoms with van der Waals surface area (Å²) < 4.78 is 0. The first-order chi connectivity index (χ1) is 6.24. The van der Waals surface area contributed by atoms with Crippen molar-refractivity contribution in [3.05, 3.63) is 0 Å². The molecule has 3 heteroatoms. The van der Waals surface area contributed by atoms with Gasteiger partial charge in [0.1, 0.15) is 0 Å². The molecule has 1 amide bonds. The normalized spacial score (nSPS) is 15.8. The highest BCUT2D eigenvalue weighted by molar-refractivity contribution is 5.77. The van der Waals surface area contributed by atoms with Crippen LogP contribution < -0.4 is 5.32 Å². The minimum atomic E-state index is 0.193. The van der Waals surface area contributed by atoms with Crippen molar-refractivity contribution in [1.29, 1.82) is 0 Å². The third kappa shape index (κ3) is 4.27. The Morgan fingerprint density at radius 1 is 1.54 bits per heavy atom. The van der Waals surface area contributed by atoms with Gasteiger partial charge in [-0.1, -0.05) is 12.8 Å². The number of hydrogen-bond donors (Lipinski definition) is 1. The predicted octanol–water partition coefficient (Wildman–Crippen LogP) is 0.854. The van der Waals surface area contributed by atoms with E-state index in [4.69, 9.17) is 0 Å². The molecule has 0 bridgehead atoms. The zero-order chi connectivity index (χ0) is 9.68. The van der Waals surface area contributed by atoms with Gasteiger partial charge < -0.3 is 10.2 Å². The lowest BCUT2D eigenvalue weighted by Crippen LogP contribution is -2.35. The van der Waals surface area contributed by atoms with Crippen LogP contribution in [0.4, 0.5) is 0 Å². The number of nitrogens with zero attached hydrogens (tertiary/aromatic N) is 1. The molecule has 0 aromatic rings. The summed E-state index contributed by atoms with van der Waals surface area (Å²) in [6.07, 6.45) is 4.03. The summed E-state index contributed by atoms with van der Waals surface area (Å²) in [5.41, 5.74) is 0. The van der Waals surface area contributed by atoms with Gasteiger partial charge in [0, 0.05) is 13.6 Å². The third-order valence-corrected chi connectivity index (χ3v) is 2.60. The van der Waals surface area contributed by atoms with Gasteiger partial charge in [-0.3, -0.25) is 4.79 Å². The van der Waals surface area contributed by atoms with Gasteiger partial charge in [-0.05, 0) is 25.8 Å². The summed E-state index contributed by atoms with van der Waals surface area (Å²) in [4.78, 5) is 13.0. The van der Waals surface area contributed by atoms with Gasteiger partial charge in [0.15, 0.2) is 0 Å². The number of likely N-dealkylation sites (N-methyl/N-ethyl adjacent to an activating group) is 1. The lowest BCUT2D eigenvalue weighted by Gasteiger charge is -2.14. The molecule has 1 aliphatic carbocycles. The number of nitrogens with one attached hydrogen (secondary N) is 1. The van der Waals surface area contributed by atoms with Crippen molar-refractivity contribution in [2.45, 2.75) is 26.2 Å². The first-order valence-electron chi connectivity index (χ1n) is 5.18. The van der Waals surface area contributed by atoms with Gasteiger partial charge in [-0.15, -0.1) is 0 Å². The third-order valence-electron chi connectivity index (χ3n) is 2.60. The highest BCUT2D eigenvalue weighted by atomic mass is 16.2. The molecule has 0 saturated heterocycles. The minimum absolute atomic E-state index is 0.193. The molecule has 1 saturated carbocycles. The molecular formula is C10H20N2O. The van der Waals surface area contributed by atoms with Crippen LogP contribution in [0.3, 0.4) is 0 Å². The van der Waals surface area contributed by atoms with Crippen LogP contribution in [0.2, 0.25) is 0 Å².